The maximum Gasteiger partial charge on any atom is 0.230 e. The predicted octanol–water partition coefficient (Wildman–Crippen LogP) is 1.75. The molecule has 148 valence electrons. The summed E-state index contributed by atoms with van der Waals surface area (Å²) in [6, 6.07) is 9.51. The fraction of sp³-hybridized carbons (Fsp3) is 0.278. The number of carbonyl (C=O) groups excluding carboxylic acids is 1. The number of benzene rings is 1. The number of tetrazole rings is 1. The summed E-state index contributed by atoms with van der Waals surface area (Å²) in [4.78, 5) is 12.3. The van der Waals surface area contributed by atoms with Crippen molar-refractivity contribution >= 4 is 22.4 Å². The first-order chi connectivity index (χ1) is 14.1. The summed E-state index contributed by atoms with van der Waals surface area (Å²) in [7, 11) is 0. The van der Waals surface area contributed by atoms with E-state index in [4.69, 9.17) is 0 Å². The van der Waals surface area contributed by atoms with Gasteiger partial charge in [0, 0.05) is 18.7 Å². The van der Waals surface area contributed by atoms with Gasteiger partial charge in [-0.05, 0) is 48.0 Å². The van der Waals surface area contributed by atoms with Crippen molar-refractivity contribution in [2.24, 2.45) is 0 Å². The fourth-order valence-corrected chi connectivity index (χ4v) is 3.65. The highest BCUT2D eigenvalue weighted by atomic mass is 32.1. The molecule has 1 aromatic carbocycles. The van der Waals surface area contributed by atoms with E-state index in [0.29, 0.717) is 11.6 Å². The molecule has 4 aromatic rings. The number of hydrogen-bond acceptors (Lipinski definition) is 8. The molecule has 0 aliphatic carbocycles. The van der Waals surface area contributed by atoms with Crippen LogP contribution in [-0.2, 0) is 24.2 Å². The van der Waals surface area contributed by atoms with Crippen LogP contribution in [0.3, 0.4) is 0 Å². The van der Waals surface area contributed by atoms with Crippen LogP contribution in [0.25, 0.3) is 5.69 Å². The Morgan fingerprint density at radius 1 is 1.17 bits per heavy atom. The fourth-order valence-electron chi connectivity index (χ4n) is 2.90. The van der Waals surface area contributed by atoms with Crippen LogP contribution in [0.2, 0.25) is 0 Å². The molecule has 3 aromatic heterocycles. The minimum atomic E-state index is -0.138. The summed E-state index contributed by atoms with van der Waals surface area (Å²) in [5, 5.41) is 27.9. The molecule has 0 unspecified atom stereocenters. The van der Waals surface area contributed by atoms with Gasteiger partial charge in [-0.2, -0.15) is 5.10 Å². The highest BCUT2D eigenvalue weighted by molar-refractivity contribution is 7.15. The van der Waals surface area contributed by atoms with Gasteiger partial charge in [-0.1, -0.05) is 23.5 Å². The molecule has 0 aliphatic rings. The zero-order valence-electron chi connectivity index (χ0n) is 16.0. The molecule has 0 radical (unpaired) electrons. The van der Waals surface area contributed by atoms with E-state index in [1.807, 2.05) is 48.9 Å². The molecule has 29 heavy (non-hydrogen) atoms. The van der Waals surface area contributed by atoms with Crippen molar-refractivity contribution in [1.29, 1.82) is 0 Å². The van der Waals surface area contributed by atoms with Crippen molar-refractivity contribution in [1.82, 2.24) is 40.2 Å². The molecule has 0 spiro atoms. The Morgan fingerprint density at radius 2 is 2.00 bits per heavy atom. The summed E-state index contributed by atoms with van der Waals surface area (Å²) in [6.07, 6.45) is 2.48. The van der Waals surface area contributed by atoms with Gasteiger partial charge in [-0.25, -0.2) is 4.68 Å². The van der Waals surface area contributed by atoms with E-state index >= 15 is 0 Å². The summed E-state index contributed by atoms with van der Waals surface area (Å²) in [6.45, 7) is 4.73. The molecule has 1 N–H and O–H groups in total. The van der Waals surface area contributed by atoms with Crippen LogP contribution < -0.4 is 5.32 Å². The Hall–Kier alpha value is -3.47. The Labute approximate surface area is 170 Å². The van der Waals surface area contributed by atoms with Crippen molar-refractivity contribution in [2.45, 2.75) is 33.2 Å². The minimum absolute atomic E-state index is 0.138. The Kier molecular flexibility index (Phi) is 5.38. The summed E-state index contributed by atoms with van der Waals surface area (Å²) < 4.78 is 3.51. The number of hydrogen-bond donors (Lipinski definition) is 1. The molecule has 0 saturated carbocycles. The lowest BCUT2D eigenvalue weighted by molar-refractivity contribution is -0.115. The van der Waals surface area contributed by atoms with E-state index < -0.39 is 0 Å². The van der Waals surface area contributed by atoms with E-state index in [0.717, 1.165) is 34.2 Å². The van der Waals surface area contributed by atoms with Gasteiger partial charge in [0.05, 0.1) is 17.8 Å². The molecule has 3 heterocycles. The first kappa shape index (κ1) is 18.9. The monoisotopic (exact) mass is 409 g/mol. The standard InChI is InChI=1S/C18H19N9OS/c1-12-9-13(2)26(23-12)8-7-17-21-22-18(29-17)20-16(28)10-14-3-5-15(6-4-14)27-11-19-24-25-27/h3-6,9,11H,7-8,10H2,1-2H3,(H,20,22,28). The Morgan fingerprint density at radius 3 is 2.69 bits per heavy atom. The molecule has 0 bridgehead atoms. The van der Waals surface area contributed by atoms with Crippen molar-refractivity contribution in [3.05, 3.63) is 58.6 Å². The Balaban J connectivity index is 1.30. The zero-order chi connectivity index (χ0) is 20.2. The lowest BCUT2D eigenvalue weighted by Crippen LogP contribution is -2.14. The van der Waals surface area contributed by atoms with Gasteiger partial charge < -0.3 is 5.32 Å². The second-order valence-corrected chi connectivity index (χ2v) is 7.61. The van der Waals surface area contributed by atoms with Gasteiger partial charge >= 0.3 is 0 Å². The van der Waals surface area contributed by atoms with Gasteiger partial charge in [-0.3, -0.25) is 9.48 Å². The normalized spacial score (nSPS) is 11.0. The SMILES string of the molecule is Cc1cc(C)n(CCc2nnc(NC(=O)Cc3ccc(-n4cnnn4)cc3)s2)n1. The molecular formula is C18H19N9OS. The predicted molar refractivity (Wildman–Crippen MR) is 107 cm³/mol. The number of nitrogens with zero attached hydrogens (tertiary/aromatic N) is 8. The van der Waals surface area contributed by atoms with E-state index in [2.05, 4.69) is 36.1 Å². The Bertz CT molecular complexity index is 1100. The molecular weight excluding hydrogens is 390 g/mol. The third-order valence-electron chi connectivity index (χ3n) is 4.27. The van der Waals surface area contributed by atoms with Crippen molar-refractivity contribution in [3.63, 3.8) is 0 Å². The maximum atomic E-state index is 12.3. The van der Waals surface area contributed by atoms with Crippen LogP contribution in [0.4, 0.5) is 5.13 Å². The molecule has 0 saturated heterocycles. The van der Waals surface area contributed by atoms with E-state index in [1.54, 1.807) is 4.68 Å². The molecule has 0 fully saturated rings. The molecule has 11 heteroatoms. The summed E-state index contributed by atoms with van der Waals surface area (Å²) in [5.74, 6) is -0.138. The van der Waals surface area contributed by atoms with Crippen LogP contribution in [0, 0.1) is 13.8 Å². The number of carbonyl (C=O) groups is 1. The van der Waals surface area contributed by atoms with Gasteiger partial charge in [0.2, 0.25) is 11.0 Å². The number of aromatic nitrogens is 8. The third kappa shape index (κ3) is 4.69. The lowest BCUT2D eigenvalue weighted by atomic mass is 10.1. The second-order valence-electron chi connectivity index (χ2n) is 6.55. The van der Waals surface area contributed by atoms with Crippen LogP contribution >= 0.6 is 11.3 Å². The van der Waals surface area contributed by atoms with E-state index in [9.17, 15) is 4.79 Å². The molecule has 0 atom stereocenters. The quantitative estimate of drug-likeness (QED) is 0.494. The summed E-state index contributed by atoms with van der Waals surface area (Å²) >= 11 is 1.38. The maximum absolute atomic E-state index is 12.3. The number of rotatable bonds is 7. The number of aryl methyl sites for hydroxylation is 4. The van der Waals surface area contributed by atoms with Crippen molar-refractivity contribution < 1.29 is 4.79 Å². The molecule has 1 amide bonds. The zero-order valence-corrected chi connectivity index (χ0v) is 16.8. The van der Waals surface area contributed by atoms with E-state index in [1.165, 1.54) is 17.7 Å². The van der Waals surface area contributed by atoms with E-state index in [-0.39, 0.29) is 12.3 Å². The first-order valence-electron chi connectivity index (χ1n) is 9.02. The van der Waals surface area contributed by atoms with Gasteiger partial charge in [0.25, 0.3) is 0 Å². The van der Waals surface area contributed by atoms with Crippen LogP contribution in [0.15, 0.2) is 36.7 Å². The van der Waals surface area contributed by atoms with Crippen molar-refractivity contribution in [3.8, 4) is 5.69 Å². The number of nitrogens with one attached hydrogen (secondary N) is 1. The topological polar surface area (TPSA) is 116 Å². The molecule has 4 rings (SSSR count). The molecule has 10 nitrogen and oxygen atoms in total. The lowest BCUT2D eigenvalue weighted by Gasteiger charge is -2.03. The minimum Gasteiger partial charge on any atom is -0.300 e. The average molecular weight is 409 g/mol. The number of amides is 1. The van der Waals surface area contributed by atoms with Gasteiger partial charge in [0.1, 0.15) is 11.3 Å². The second kappa shape index (κ2) is 8.27. The highest BCUT2D eigenvalue weighted by Gasteiger charge is 2.10. The smallest absolute Gasteiger partial charge is 0.230 e. The third-order valence-corrected chi connectivity index (χ3v) is 5.17. The first-order valence-corrected chi connectivity index (χ1v) is 9.84. The van der Waals surface area contributed by atoms with Crippen LogP contribution in [0.1, 0.15) is 22.0 Å². The van der Waals surface area contributed by atoms with Crippen LogP contribution in [0.5, 0.6) is 0 Å². The molecule has 0 aliphatic heterocycles. The van der Waals surface area contributed by atoms with Gasteiger partial charge in [0.15, 0.2) is 0 Å². The summed E-state index contributed by atoms with van der Waals surface area (Å²) in [5.41, 5.74) is 3.83. The largest absolute Gasteiger partial charge is 0.300 e. The van der Waals surface area contributed by atoms with Crippen LogP contribution in [-0.4, -0.2) is 46.1 Å². The highest BCUT2D eigenvalue weighted by Crippen LogP contribution is 2.17. The average Bonchev–Trinajstić information content (AvgIpc) is 3.43. The number of anilines is 1. The van der Waals surface area contributed by atoms with Crippen molar-refractivity contribution in [2.75, 3.05) is 5.32 Å². The van der Waals surface area contributed by atoms with Gasteiger partial charge in [-0.15, -0.1) is 15.3 Å².